The Kier molecular flexibility index (Phi) is 3.55. The summed E-state index contributed by atoms with van der Waals surface area (Å²) in [5, 5.41) is 0. The number of thioether (sulfide) groups is 1. The number of hydrogen-bond acceptors (Lipinski definition) is 3. The van der Waals surface area contributed by atoms with Crippen molar-refractivity contribution < 1.29 is 0 Å². The van der Waals surface area contributed by atoms with Gasteiger partial charge < -0.3 is 0 Å². The minimum Gasteiger partial charge on any atom is -0.230 e. The summed E-state index contributed by atoms with van der Waals surface area (Å²) < 4.78 is 2.82. The minimum absolute atomic E-state index is 0.327. The molecule has 0 radical (unpaired) electrons. The zero-order chi connectivity index (χ0) is 11.6. The standard InChI is InChI=1S/C13H17NS2/c1-4-13(3,5-2)16-12-14-10-8-6-7-9-11(10)15-12/h6-9H,4-5H2,1-3H3. The van der Waals surface area contributed by atoms with Crippen LogP contribution in [0.5, 0.6) is 0 Å². The Morgan fingerprint density at radius 3 is 2.56 bits per heavy atom. The number of benzene rings is 1. The number of para-hydroxylation sites is 1. The van der Waals surface area contributed by atoms with Gasteiger partial charge in [0, 0.05) is 4.75 Å². The molecule has 0 fully saturated rings. The van der Waals surface area contributed by atoms with Gasteiger partial charge in [-0.25, -0.2) is 4.98 Å². The van der Waals surface area contributed by atoms with Crippen molar-refractivity contribution in [3.8, 4) is 0 Å². The summed E-state index contributed by atoms with van der Waals surface area (Å²) in [6, 6.07) is 8.36. The van der Waals surface area contributed by atoms with Crippen LogP contribution in [0.15, 0.2) is 28.6 Å². The molecule has 0 N–H and O–H groups in total. The highest BCUT2D eigenvalue weighted by molar-refractivity contribution is 8.02. The third kappa shape index (κ3) is 2.41. The van der Waals surface area contributed by atoms with E-state index in [2.05, 4.69) is 50.0 Å². The summed E-state index contributed by atoms with van der Waals surface area (Å²) in [5.74, 6) is 0. The average molecular weight is 251 g/mol. The topological polar surface area (TPSA) is 12.9 Å². The third-order valence-corrected chi connectivity index (χ3v) is 5.77. The maximum atomic E-state index is 4.68. The maximum Gasteiger partial charge on any atom is 0.151 e. The van der Waals surface area contributed by atoms with Crippen LogP contribution in [0.25, 0.3) is 10.2 Å². The lowest BCUT2D eigenvalue weighted by Crippen LogP contribution is -2.16. The Morgan fingerprint density at radius 2 is 1.94 bits per heavy atom. The summed E-state index contributed by atoms with van der Waals surface area (Å²) in [5.41, 5.74) is 1.13. The van der Waals surface area contributed by atoms with Gasteiger partial charge in [0.15, 0.2) is 4.34 Å². The number of aromatic nitrogens is 1. The van der Waals surface area contributed by atoms with Gasteiger partial charge in [0.25, 0.3) is 0 Å². The molecule has 86 valence electrons. The van der Waals surface area contributed by atoms with Crippen molar-refractivity contribution in [2.45, 2.75) is 42.7 Å². The molecule has 3 heteroatoms. The Bertz CT molecular complexity index is 438. The molecule has 1 aromatic carbocycles. The highest BCUT2D eigenvalue weighted by atomic mass is 32.2. The molecule has 0 saturated heterocycles. The molecule has 0 unspecified atom stereocenters. The van der Waals surface area contributed by atoms with E-state index >= 15 is 0 Å². The molecule has 2 rings (SSSR count). The van der Waals surface area contributed by atoms with Crippen molar-refractivity contribution in [1.29, 1.82) is 0 Å². The first kappa shape index (κ1) is 11.9. The van der Waals surface area contributed by atoms with Gasteiger partial charge in [-0.05, 0) is 25.0 Å². The lowest BCUT2D eigenvalue weighted by atomic mass is 10.1. The fourth-order valence-electron chi connectivity index (χ4n) is 1.50. The van der Waals surface area contributed by atoms with Crippen LogP contribution in [-0.4, -0.2) is 9.73 Å². The summed E-state index contributed by atoms with van der Waals surface area (Å²) in [7, 11) is 0. The van der Waals surface area contributed by atoms with E-state index < -0.39 is 0 Å². The first-order valence-corrected chi connectivity index (χ1v) is 7.35. The molecule has 0 amide bonds. The van der Waals surface area contributed by atoms with E-state index in [1.807, 2.05) is 11.8 Å². The van der Waals surface area contributed by atoms with Crippen molar-refractivity contribution in [3.05, 3.63) is 24.3 Å². The third-order valence-electron chi connectivity index (χ3n) is 3.10. The number of thiazole rings is 1. The molecule has 1 heterocycles. The quantitative estimate of drug-likeness (QED) is 0.712. The fourth-order valence-corrected chi connectivity index (χ4v) is 4.09. The molecule has 1 aromatic heterocycles. The van der Waals surface area contributed by atoms with Crippen LogP contribution in [0.4, 0.5) is 0 Å². The summed E-state index contributed by atoms with van der Waals surface area (Å²) in [6.45, 7) is 6.83. The van der Waals surface area contributed by atoms with Gasteiger partial charge >= 0.3 is 0 Å². The lowest BCUT2D eigenvalue weighted by Gasteiger charge is -2.24. The van der Waals surface area contributed by atoms with Gasteiger partial charge in [0.2, 0.25) is 0 Å². The molecular formula is C13H17NS2. The Balaban J connectivity index is 2.27. The molecule has 0 saturated carbocycles. The van der Waals surface area contributed by atoms with E-state index in [1.54, 1.807) is 11.3 Å². The SMILES string of the molecule is CCC(C)(CC)Sc1nc2ccccc2s1. The number of fused-ring (bicyclic) bond motifs is 1. The van der Waals surface area contributed by atoms with Crippen LogP contribution in [0, 0.1) is 0 Å². The first-order chi connectivity index (χ1) is 7.67. The second-order valence-corrected chi connectivity index (χ2v) is 7.07. The number of rotatable bonds is 4. The van der Waals surface area contributed by atoms with E-state index in [0.29, 0.717) is 4.75 Å². The van der Waals surface area contributed by atoms with Gasteiger partial charge in [-0.1, -0.05) is 44.7 Å². The minimum atomic E-state index is 0.327. The number of hydrogen-bond donors (Lipinski definition) is 0. The molecule has 0 bridgehead atoms. The van der Waals surface area contributed by atoms with Crippen LogP contribution >= 0.6 is 23.1 Å². The summed E-state index contributed by atoms with van der Waals surface area (Å²) >= 11 is 3.73. The van der Waals surface area contributed by atoms with Gasteiger partial charge in [0.1, 0.15) is 0 Å². The molecule has 1 nitrogen and oxygen atoms in total. The smallest absolute Gasteiger partial charge is 0.151 e. The second kappa shape index (κ2) is 4.76. The molecule has 0 aliphatic rings. The molecule has 0 atom stereocenters. The Labute approximate surface area is 105 Å². The van der Waals surface area contributed by atoms with Crippen LogP contribution in [0.1, 0.15) is 33.6 Å². The van der Waals surface area contributed by atoms with Crippen LogP contribution in [-0.2, 0) is 0 Å². The zero-order valence-corrected chi connectivity index (χ0v) is 11.6. The predicted octanol–water partition coefficient (Wildman–Crippen LogP) is 4.97. The van der Waals surface area contributed by atoms with E-state index in [-0.39, 0.29) is 0 Å². The molecule has 0 aliphatic carbocycles. The van der Waals surface area contributed by atoms with Gasteiger partial charge in [-0.3, -0.25) is 0 Å². The highest BCUT2D eigenvalue weighted by Crippen LogP contribution is 2.40. The lowest BCUT2D eigenvalue weighted by molar-refractivity contribution is 0.599. The normalized spacial score (nSPS) is 12.2. The largest absolute Gasteiger partial charge is 0.230 e. The van der Waals surface area contributed by atoms with Crippen molar-refractivity contribution in [2.24, 2.45) is 0 Å². The summed E-state index contributed by atoms with van der Waals surface area (Å²) in [4.78, 5) is 4.68. The van der Waals surface area contributed by atoms with E-state index in [4.69, 9.17) is 0 Å². The number of nitrogens with zero attached hydrogens (tertiary/aromatic N) is 1. The average Bonchev–Trinajstić information content (AvgIpc) is 2.70. The first-order valence-electron chi connectivity index (χ1n) is 5.71. The van der Waals surface area contributed by atoms with Crippen molar-refractivity contribution >= 4 is 33.3 Å². The Hall–Kier alpha value is -0.540. The van der Waals surface area contributed by atoms with Crippen LogP contribution < -0.4 is 0 Å². The van der Waals surface area contributed by atoms with Crippen molar-refractivity contribution in [1.82, 2.24) is 4.98 Å². The van der Waals surface area contributed by atoms with Crippen LogP contribution in [0.2, 0.25) is 0 Å². The highest BCUT2D eigenvalue weighted by Gasteiger charge is 2.22. The van der Waals surface area contributed by atoms with E-state index in [1.165, 1.54) is 21.9 Å². The zero-order valence-electron chi connectivity index (χ0n) is 9.99. The molecular weight excluding hydrogens is 234 g/mol. The van der Waals surface area contributed by atoms with E-state index in [9.17, 15) is 0 Å². The van der Waals surface area contributed by atoms with Gasteiger partial charge in [-0.15, -0.1) is 11.3 Å². The fraction of sp³-hybridized carbons (Fsp3) is 0.462. The molecule has 0 spiro atoms. The summed E-state index contributed by atoms with van der Waals surface area (Å²) in [6.07, 6.45) is 2.37. The van der Waals surface area contributed by atoms with E-state index in [0.717, 1.165) is 5.52 Å². The molecule has 16 heavy (non-hydrogen) atoms. The monoisotopic (exact) mass is 251 g/mol. The van der Waals surface area contributed by atoms with Crippen molar-refractivity contribution in [3.63, 3.8) is 0 Å². The predicted molar refractivity (Wildman–Crippen MR) is 74.5 cm³/mol. The molecule has 2 aromatic rings. The molecule has 0 aliphatic heterocycles. The van der Waals surface area contributed by atoms with Gasteiger partial charge in [0.05, 0.1) is 10.2 Å². The van der Waals surface area contributed by atoms with Crippen LogP contribution in [0.3, 0.4) is 0 Å². The second-order valence-electron chi connectivity index (χ2n) is 4.21. The maximum absolute atomic E-state index is 4.68. The van der Waals surface area contributed by atoms with Gasteiger partial charge in [-0.2, -0.15) is 0 Å². The Morgan fingerprint density at radius 1 is 1.25 bits per heavy atom. The van der Waals surface area contributed by atoms with Crippen molar-refractivity contribution in [2.75, 3.05) is 0 Å².